The largest absolute Gasteiger partial charge is 0.378 e. The number of nitrogens with one attached hydrogen (secondary N) is 2. The Morgan fingerprint density at radius 1 is 1.13 bits per heavy atom. The standard InChI is InChI=1S/C26H39N5O6S/c1-19-9-11-21(23(32)18-31(19)38(35,36)24-8-4-5-13-27-24)28-25(33)22(12-10-20-6-2-3-7-20)29-26(34)30-14-16-37-17-15-30/h4-5,8,13,19-22H,2-3,6-7,9-12,14-18H2,1H3,(H,28,33)(H,29,34)/t19-,21+,22+/m1/s1. The minimum atomic E-state index is -3.97. The normalized spacial score (nSPS) is 24.6. The molecule has 210 valence electrons. The third-order valence-corrected chi connectivity index (χ3v) is 9.72. The minimum Gasteiger partial charge on any atom is -0.378 e. The molecule has 1 aromatic heterocycles. The number of sulfonamides is 1. The van der Waals surface area contributed by atoms with E-state index in [9.17, 15) is 22.8 Å². The lowest BCUT2D eigenvalue weighted by atomic mass is 9.97. The van der Waals surface area contributed by atoms with Crippen LogP contribution < -0.4 is 10.6 Å². The monoisotopic (exact) mass is 549 g/mol. The molecule has 0 aromatic carbocycles. The van der Waals surface area contributed by atoms with Gasteiger partial charge in [0.15, 0.2) is 10.8 Å². The molecule has 12 heteroatoms. The Bertz CT molecular complexity index is 1070. The zero-order valence-corrected chi connectivity index (χ0v) is 22.8. The fourth-order valence-corrected chi connectivity index (χ4v) is 7.04. The number of amides is 3. The summed E-state index contributed by atoms with van der Waals surface area (Å²) in [5.74, 6) is -0.246. The van der Waals surface area contributed by atoms with E-state index in [1.54, 1.807) is 24.0 Å². The molecule has 0 spiro atoms. The number of rotatable bonds is 8. The molecule has 0 radical (unpaired) electrons. The van der Waals surface area contributed by atoms with Crippen LogP contribution in [0.1, 0.15) is 58.3 Å². The van der Waals surface area contributed by atoms with Gasteiger partial charge >= 0.3 is 6.03 Å². The van der Waals surface area contributed by atoms with Crippen molar-refractivity contribution in [2.24, 2.45) is 5.92 Å². The summed E-state index contributed by atoms with van der Waals surface area (Å²) < 4.78 is 32.8. The number of urea groups is 1. The van der Waals surface area contributed by atoms with Gasteiger partial charge in [-0.15, -0.1) is 0 Å². The molecule has 3 atom stereocenters. The highest BCUT2D eigenvalue weighted by molar-refractivity contribution is 7.89. The molecule has 1 saturated carbocycles. The molecule has 11 nitrogen and oxygen atoms in total. The second-order valence-corrected chi connectivity index (χ2v) is 12.3. The van der Waals surface area contributed by atoms with Crippen molar-refractivity contribution in [1.29, 1.82) is 0 Å². The van der Waals surface area contributed by atoms with E-state index in [0.717, 1.165) is 19.3 Å². The predicted octanol–water partition coefficient (Wildman–Crippen LogP) is 1.69. The Morgan fingerprint density at radius 2 is 1.87 bits per heavy atom. The maximum absolute atomic E-state index is 13.4. The Hall–Kier alpha value is -2.57. The van der Waals surface area contributed by atoms with E-state index in [4.69, 9.17) is 4.74 Å². The average molecular weight is 550 g/mol. The van der Waals surface area contributed by atoms with Crippen LogP contribution in [0.4, 0.5) is 4.79 Å². The number of carbonyl (C=O) groups is 3. The molecular weight excluding hydrogens is 510 g/mol. The molecule has 2 N–H and O–H groups in total. The summed E-state index contributed by atoms with van der Waals surface area (Å²) in [7, 11) is -3.97. The van der Waals surface area contributed by atoms with Gasteiger partial charge in [0.05, 0.1) is 25.8 Å². The second-order valence-electron chi connectivity index (χ2n) is 10.5. The fraction of sp³-hybridized carbons (Fsp3) is 0.692. The summed E-state index contributed by atoms with van der Waals surface area (Å²) in [5.41, 5.74) is 0. The quantitative estimate of drug-likeness (QED) is 0.503. The third kappa shape index (κ3) is 7.09. The van der Waals surface area contributed by atoms with Crippen molar-refractivity contribution in [3.8, 4) is 0 Å². The van der Waals surface area contributed by atoms with Crippen molar-refractivity contribution in [2.75, 3.05) is 32.8 Å². The van der Waals surface area contributed by atoms with Gasteiger partial charge in [-0.05, 0) is 50.7 Å². The van der Waals surface area contributed by atoms with Crippen LogP contribution in [0.15, 0.2) is 29.4 Å². The molecule has 2 saturated heterocycles. The van der Waals surface area contributed by atoms with Gasteiger partial charge in [0.1, 0.15) is 6.04 Å². The van der Waals surface area contributed by atoms with E-state index in [1.807, 2.05) is 0 Å². The number of carbonyl (C=O) groups excluding carboxylic acids is 3. The number of hydrogen-bond acceptors (Lipinski definition) is 7. The highest BCUT2D eigenvalue weighted by Crippen LogP contribution is 2.29. The lowest BCUT2D eigenvalue weighted by Gasteiger charge is -2.30. The number of pyridine rings is 1. The van der Waals surface area contributed by atoms with Crippen molar-refractivity contribution >= 4 is 27.7 Å². The van der Waals surface area contributed by atoms with E-state index in [1.165, 1.54) is 29.4 Å². The number of ketones is 1. The summed E-state index contributed by atoms with van der Waals surface area (Å²) >= 11 is 0. The van der Waals surface area contributed by atoms with E-state index < -0.39 is 34.1 Å². The van der Waals surface area contributed by atoms with Crippen LogP contribution in [-0.2, 0) is 24.3 Å². The molecule has 3 heterocycles. The first-order valence-corrected chi connectivity index (χ1v) is 15.1. The van der Waals surface area contributed by atoms with Gasteiger partial charge in [-0.25, -0.2) is 18.2 Å². The molecule has 0 unspecified atom stereocenters. The fourth-order valence-electron chi connectivity index (χ4n) is 5.48. The maximum Gasteiger partial charge on any atom is 0.318 e. The maximum atomic E-state index is 13.4. The van der Waals surface area contributed by atoms with E-state index in [2.05, 4.69) is 15.6 Å². The number of morpholine rings is 1. The Morgan fingerprint density at radius 3 is 2.55 bits per heavy atom. The van der Waals surface area contributed by atoms with Crippen LogP contribution in [0, 0.1) is 5.92 Å². The van der Waals surface area contributed by atoms with Crippen molar-refractivity contribution in [3.63, 3.8) is 0 Å². The molecule has 4 rings (SSSR count). The number of aromatic nitrogens is 1. The van der Waals surface area contributed by atoms with Gasteiger partial charge in [-0.3, -0.25) is 9.59 Å². The van der Waals surface area contributed by atoms with Gasteiger partial charge in [-0.1, -0.05) is 31.7 Å². The molecular formula is C26H39N5O6S. The predicted molar refractivity (Wildman–Crippen MR) is 140 cm³/mol. The van der Waals surface area contributed by atoms with Crippen LogP contribution >= 0.6 is 0 Å². The molecule has 38 heavy (non-hydrogen) atoms. The smallest absolute Gasteiger partial charge is 0.318 e. The Labute approximate surface area is 224 Å². The van der Waals surface area contributed by atoms with Gasteiger partial charge in [0.2, 0.25) is 5.91 Å². The van der Waals surface area contributed by atoms with Gasteiger partial charge < -0.3 is 20.3 Å². The van der Waals surface area contributed by atoms with Crippen LogP contribution in [0.3, 0.4) is 0 Å². The topological polar surface area (TPSA) is 138 Å². The summed E-state index contributed by atoms with van der Waals surface area (Å²) in [6, 6.07) is 2.27. The number of ether oxygens (including phenoxy) is 1. The van der Waals surface area contributed by atoms with E-state index in [0.29, 0.717) is 51.5 Å². The van der Waals surface area contributed by atoms with E-state index >= 15 is 0 Å². The molecule has 0 bridgehead atoms. The van der Waals surface area contributed by atoms with Gasteiger partial charge in [-0.2, -0.15) is 4.31 Å². The van der Waals surface area contributed by atoms with Crippen molar-refractivity contribution < 1.29 is 27.5 Å². The first-order chi connectivity index (χ1) is 18.3. The summed E-state index contributed by atoms with van der Waals surface area (Å²) in [6.07, 6.45) is 8.07. The molecule has 1 aromatic rings. The lowest BCUT2D eigenvalue weighted by Crippen LogP contribution is -2.56. The van der Waals surface area contributed by atoms with Crippen molar-refractivity contribution in [3.05, 3.63) is 24.4 Å². The lowest BCUT2D eigenvalue weighted by molar-refractivity contribution is -0.129. The Kier molecular flexibility index (Phi) is 9.72. The number of hydrogen-bond donors (Lipinski definition) is 2. The first kappa shape index (κ1) is 28.4. The minimum absolute atomic E-state index is 0.111. The van der Waals surface area contributed by atoms with Gasteiger partial charge in [0.25, 0.3) is 10.0 Å². The highest BCUT2D eigenvalue weighted by Gasteiger charge is 2.38. The zero-order chi connectivity index (χ0) is 27.1. The highest BCUT2D eigenvalue weighted by atomic mass is 32.2. The van der Waals surface area contributed by atoms with Crippen LogP contribution in [0.25, 0.3) is 0 Å². The third-order valence-electron chi connectivity index (χ3n) is 7.84. The Balaban J connectivity index is 1.42. The number of nitrogens with zero attached hydrogens (tertiary/aromatic N) is 3. The SMILES string of the molecule is C[C@@H]1CC[C@H](NC(=O)[C@H](CCC2CCCC2)NC(=O)N2CCOCC2)C(=O)CN1S(=O)(=O)c1ccccn1. The van der Waals surface area contributed by atoms with Crippen LogP contribution in [0.5, 0.6) is 0 Å². The first-order valence-electron chi connectivity index (χ1n) is 13.6. The molecule has 3 aliphatic rings. The molecule has 1 aliphatic carbocycles. The summed E-state index contributed by atoms with van der Waals surface area (Å²) in [6.45, 7) is 3.24. The van der Waals surface area contributed by atoms with Crippen LogP contribution in [-0.4, -0.2) is 91.3 Å². The summed E-state index contributed by atoms with van der Waals surface area (Å²) in [5, 5.41) is 5.62. The van der Waals surface area contributed by atoms with Gasteiger partial charge in [0, 0.05) is 25.3 Å². The zero-order valence-electron chi connectivity index (χ0n) is 22.0. The molecule has 2 aliphatic heterocycles. The van der Waals surface area contributed by atoms with Crippen LogP contribution in [0.2, 0.25) is 0 Å². The second kappa shape index (κ2) is 13.0. The molecule has 3 fully saturated rings. The average Bonchev–Trinajstić information content (AvgIpc) is 3.41. The molecule has 3 amide bonds. The summed E-state index contributed by atoms with van der Waals surface area (Å²) in [4.78, 5) is 45.1. The number of Topliss-reactive ketones (excluding diaryl/α,β-unsaturated/α-hetero) is 1. The van der Waals surface area contributed by atoms with Crippen molar-refractivity contribution in [2.45, 2.75) is 81.4 Å². The van der Waals surface area contributed by atoms with E-state index in [-0.39, 0.29) is 23.4 Å². The van der Waals surface area contributed by atoms with Crippen molar-refractivity contribution in [1.82, 2.24) is 24.8 Å².